The maximum absolute atomic E-state index is 5.03. The van der Waals surface area contributed by atoms with Crippen LogP contribution in [0.2, 0.25) is 0 Å². The number of allylic oxidation sites excluding steroid dienone is 1. The molecule has 0 spiro atoms. The molecule has 2 rings (SSSR count). The fraction of sp³-hybridized carbons (Fsp3) is 0.455. The molecule has 1 atom stereocenters. The van der Waals surface area contributed by atoms with Crippen molar-refractivity contribution in [3.05, 3.63) is 54.0 Å². The highest BCUT2D eigenvalue weighted by molar-refractivity contribution is 5.66. The van der Waals surface area contributed by atoms with Crippen molar-refractivity contribution >= 4 is 5.82 Å². The number of unbranched alkanes of at least 4 members (excludes halogenated alkanes) is 1. The predicted molar refractivity (Wildman–Crippen MR) is 108 cm³/mol. The van der Waals surface area contributed by atoms with Crippen molar-refractivity contribution in [3.8, 4) is 11.3 Å². The van der Waals surface area contributed by atoms with Crippen LogP contribution in [0, 0.1) is 13.8 Å². The highest BCUT2D eigenvalue weighted by atomic mass is 15.2. The molecule has 25 heavy (non-hydrogen) atoms. The van der Waals surface area contributed by atoms with E-state index in [0.717, 1.165) is 35.6 Å². The Morgan fingerprint density at radius 2 is 1.92 bits per heavy atom. The van der Waals surface area contributed by atoms with Crippen LogP contribution in [0.3, 0.4) is 0 Å². The normalized spacial score (nSPS) is 12.0. The lowest BCUT2D eigenvalue weighted by Crippen LogP contribution is -2.34. The van der Waals surface area contributed by atoms with Gasteiger partial charge in [-0.2, -0.15) is 0 Å². The molecule has 0 aromatic carbocycles. The zero-order valence-electron chi connectivity index (χ0n) is 16.3. The van der Waals surface area contributed by atoms with Gasteiger partial charge in [0.2, 0.25) is 0 Å². The lowest BCUT2D eigenvalue weighted by molar-refractivity contribution is 0.535. The van der Waals surface area contributed by atoms with Crippen LogP contribution in [0.1, 0.15) is 57.6 Å². The quantitative estimate of drug-likeness (QED) is 0.585. The third-order valence-electron chi connectivity index (χ3n) is 4.75. The van der Waals surface area contributed by atoms with Gasteiger partial charge in [0.1, 0.15) is 5.82 Å². The molecular formula is C22H31N3. The maximum atomic E-state index is 5.03. The highest BCUT2D eigenvalue weighted by Gasteiger charge is 2.21. The molecule has 0 bridgehead atoms. The molecule has 2 aromatic rings. The third-order valence-corrected chi connectivity index (χ3v) is 4.75. The molecule has 0 aliphatic carbocycles. The van der Waals surface area contributed by atoms with E-state index >= 15 is 0 Å². The second-order valence-electron chi connectivity index (χ2n) is 6.84. The van der Waals surface area contributed by atoms with Crippen molar-refractivity contribution in [3.63, 3.8) is 0 Å². The van der Waals surface area contributed by atoms with Crippen LogP contribution in [-0.2, 0) is 0 Å². The summed E-state index contributed by atoms with van der Waals surface area (Å²) in [5.41, 5.74) is 5.49. The zero-order valence-corrected chi connectivity index (χ0v) is 16.3. The molecule has 0 aliphatic rings. The zero-order chi connectivity index (χ0) is 18.4. The Kier molecular flexibility index (Phi) is 6.74. The SMILES string of the molecule is C=C(C)N(c1nc(-c2cnccc2C)ccc1C)[C@H](CC)CCCC. The molecule has 134 valence electrons. The summed E-state index contributed by atoms with van der Waals surface area (Å²) in [6.45, 7) is 15.1. The van der Waals surface area contributed by atoms with E-state index in [4.69, 9.17) is 4.98 Å². The Morgan fingerprint density at radius 1 is 1.16 bits per heavy atom. The molecule has 3 nitrogen and oxygen atoms in total. The van der Waals surface area contributed by atoms with Gasteiger partial charge in [0, 0.05) is 29.7 Å². The van der Waals surface area contributed by atoms with E-state index in [1.165, 1.54) is 24.0 Å². The van der Waals surface area contributed by atoms with E-state index in [2.05, 4.69) is 63.2 Å². The molecule has 0 amide bonds. The number of nitrogens with zero attached hydrogens (tertiary/aromatic N) is 3. The molecule has 2 aromatic heterocycles. The van der Waals surface area contributed by atoms with Crippen LogP contribution >= 0.6 is 0 Å². The summed E-state index contributed by atoms with van der Waals surface area (Å²) in [5, 5.41) is 0. The lowest BCUT2D eigenvalue weighted by atomic mass is 10.0. The summed E-state index contributed by atoms with van der Waals surface area (Å²) in [5.74, 6) is 1.02. The topological polar surface area (TPSA) is 29.0 Å². The second kappa shape index (κ2) is 8.80. The number of pyridine rings is 2. The Bertz CT molecular complexity index is 721. The summed E-state index contributed by atoms with van der Waals surface area (Å²) in [6, 6.07) is 6.72. The molecule has 0 radical (unpaired) electrons. The maximum Gasteiger partial charge on any atom is 0.136 e. The van der Waals surface area contributed by atoms with Gasteiger partial charge in [-0.25, -0.2) is 4.98 Å². The molecule has 0 saturated heterocycles. The van der Waals surface area contributed by atoms with E-state index < -0.39 is 0 Å². The van der Waals surface area contributed by atoms with Crippen LogP contribution in [0.25, 0.3) is 11.3 Å². The average molecular weight is 338 g/mol. The number of anilines is 1. The first-order chi connectivity index (χ1) is 12.0. The summed E-state index contributed by atoms with van der Waals surface area (Å²) in [4.78, 5) is 11.6. The third kappa shape index (κ3) is 4.47. The minimum atomic E-state index is 0.439. The number of hydrogen-bond donors (Lipinski definition) is 0. The van der Waals surface area contributed by atoms with Gasteiger partial charge < -0.3 is 4.90 Å². The van der Waals surface area contributed by atoms with Gasteiger partial charge in [-0.3, -0.25) is 4.98 Å². The number of aryl methyl sites for hydroxylation is 2. The monoisotopic (exact) mass is 337 g/mol. The molecule has 2 heterocycles. The van der Waals surface area contributed by atoms with Gasteiger partial charge in [-0.15, -0.1) is 0 Å². The smallest absolute Gasteiger partial charge is 0.136 e. The summed E-state index contributed by atoms with van der Waals surface area (Å²) in [7, 11) is 0. The van der Waals surface area contributed by atoms with E-state index in [1.807, 2.05) is 18.5 Å². The van der Waals surface area contributed by atoms with Crippen LogP contribution in [0.15, 0.2) is 42.9 Å². The van der Waals surface area contributed by atoms with E-state index in [-0.39, 0.29) is 0 Å². The summed E-state index contributed by atoms with van der Waals surface area (Å²) < 4.78 is 0. The molecule has 0 fully saturated rings. The molecule has 0 aliphatic heterocycles. The van der Waals surface area contributed by atoms with E-state index in [1.54, 1.807) is 0 Å². The highest BCUT2D eigenvalue weighted by Crippen LogP contribution is 2.30. The molecule has 3 heteroatoms. The fourth-order valence-electron chi connectivity index (χ4n) is 3.26. The number of aromatic nitrogens is 2. The molecule has 0 saturated carbocycles. The van der Waals surface area contributed by atoms with E-state index in [0.29, 0.717) is 6.04 Å². The minimum Gasteiger partial charge on any atom is -0.328 e. The van der Waals surface area contributed by atoms with Crippen molar-refractivity contribution in [1.82, 2.24) is 9.97 Å². The first-order valence-electron chi connectivity index (χ1n) is 9.32. The van der Waals surface area contributed by atoms with Crippen molar-refractivity contribution in [1.29, 1.82) is 0 Å². The molecule has 0 unspecified atom stereocenters. The van der Waals surface area contributed by atoms with Crippen LogP contribution in [0.4, 0.5) is 5.82 Å². The van der Waals surface area contributed by atoms with Crippen LogP contribution in [0.5, 0.6) is 0 Å². The van der Waals surface area contributed by atoms with Crippen molar-refractivity contribution in [2.75, 3.05) is 4.90 Å². The summed E-state index contributed by atoms with van der Waals surface area (Å²) >= 11 is 0. The largest absolute Gasteiger partial charge is 0.328 e. The van der Waals surface area contributed by atoms with Crippen molar-refractivity contribution < 1.29 is 0 Å². The molecule has 0 N–H and O–H groups in total. The molecular weight excluding hydrogens is 306 g/mol. The first-order valence-corrected chi connectivity index (χ1v) is 9.32. The van der Waals surface area contributed by atoms with Crippen LogP contribution < -0.4 is 4.90 Å². The first kappa shape index (κ1) is 19.2. The van der Waals surface area contributed by atoms with Gasteiger partial charge in [0.15, 0.2) is 0 Å². The van der Waals surface area contributed by atoms with Gasteiger partial charge in [0.25, 0.3) is 0 Å². The summed E-state index contributed by atoms with van der Waals surface area (Å²) in [6.07, 6.45) is 8.41. The Balaban J connectivity index is 2.49. The standard InChI is InChI=1S/C22H31N3/c1-7-9-10-19(8-2)25(16(3)4)22-18(6)11-12-21(24-22)20-15-23-14-13-17(20)5/h11-15,19H,3,7-10H2,1-2,4-6H3/t19-/m1/s1. The Morgan fingerprint density at radius 3 is 2.52 bits per heavy atom. The number of rotatable bonds is 8. The van der Waals surface area contributed by atoms with Crippen LogP contribution in [-0.4, -0.2) is 16.0 Å². The minimum absolute atomic E-state index is 0.439. The van der Waals surface area contributed by atoms with Gasteiger partial charge in [0.05, 0.1) is 5.69 Å². The predicted octanol–water partition coefficient (Wildman–Crippen LogP) is 6.07. The lowest BCUT2D eigenvalue weighted by Gasteiger charge is -2.34. The Labute approximate surface area is 152 Å². The number of hydrogen-bond acceptors (Lipinski definition) is 3. The second-order valence-corrected chi connectivity index (χ2v) is 6.84. The Hall–Kier alpha value is -2.16. The fourth-order valence-corrected chi connectivity index (χ4v) is 3.26. The van der Waals surface area contributed by atoms with Gasteiger partial charge in [-0.05, 0) is 56.9 Å². The van der Waals surface area contributed by atoms with E-state index in [9.17, 15) is 0 Å². The van der Waals surface area contributed by atoms with Gasteiger partial charge in [-0.1, -0.05) is 39.3 Å². The van der Waals surface area contributed by atoms with Crippen molar-refractivity contribution in [2.24, 2.45) is 0 Å². The average Bonchev–Trinajstić information content (AvgIpc) is 2.60. The van der Waals surface area contributed by atoms with Gasteiger partial charge >= 0.3 is 0 Å². The van der Waals surface area contributed by atoms with Crippen molar-refractivity contribution in [2.45, 2.75) is 66.3 Å².